The Labute approximate surface area is 613 Å². The zero-order valence-corrected chi connectivity index (χ0v) is 67.1. The molecule has 2 aromatic carbocycles. The Morgan fingerprint density at radius 2 is 0.990 bits per heavy atom. The van der Waals surface area contributed by atoms with E-state index in [9.17, 15) is 38.4 Å². The number of rotatable bonds is 28. The summed E-state index contributed by atoms with van der Waals surface area (Å²) in [5, 5.41) is 13.8. The van der Waals surface area contributed by atoms with Crippen molar-refractivity contribution < 1.29 is 66.2 Å². The normalized spacial score (nSPS) is 17.7. The number of hydrazine groups is 2. The molecule has 6 amide bonds. The molecule has 2 aromatic rings. The van der Waals surface area contributed by atoms with E-state index in [4.69, 9.17) is 97.4 Å². The number of alkyl halides is 6. The van der Waals surface area contributed by atoms with E-state index in [-0.39, 0.29) is 59.9 Å². The van der Waals surface area contributed by atoms with Crippen LogP contribution in [0, 0.1) is 17.8 Å². The number of alkyl carbamates (subject to hydrolysis) is 1. The number of methoxy groups -OCH3 is 1. The molecule has 0 radical (unpaired) electrons. The fourth-order valence-electron chi connectivity index (χ4n) is 9.69. The van der Waals surface area contributed by atoms with Crippen LogP contribution in [0.1, 0.15) is 147 Å². The summed E-state index contributed by atoms with van der Waals surface area (Å²) in [5.74, 6) is -3.55. The maximum absolute atomic E-state index is 14.2. The fourth-order valence-corrected chi connectivity index (χ4v) is 12.1. The third-order valence-electron chi connectivity index (χ3n) is 17.3. The third-order valence-corrected chi connectivity index (χ3v) is 26.7. The van der Waals surface area contributed by atoms with E-state index in [0.29, 0.717) is 50.0 Å². The van der Waals surface area contributed by atoms with Crippen LogP contribution in [0.4, 0.5) is 4.79 Å². The van der Waals surface area contributed by atoms with Crippen LogP contribution >= 0.6 is 69.6 Å². The Hall–Kier alpha value is -4.61. The van der Waals surface area contributed by atoms with Crippen molar-refractivity contribution in [1.29, 1.82) is 0 Å². The molecule has 0 aliphatic carbocycles. The van der Waals surface area contributed by atoms with Crippen LogP contribution in [0.3, 0.4) is 0 Å². The topological polar surface area (TPSA) is 271 Å². The van der Waals surface area contributed by atoms with Crippen LogP contribution < -0.4 is 41.0 Å². The number of amides is 6. The SMILES string of the molecule is C=CCC[C@@H](OC)[C@@H](C)C(=O)N[C@H](C(=O)N[C@@H](Cc1cccc(O[Si](C)(C)C(C)(C)C)c1)C(=O)N1CCC[C@@H](C(=O)OCC(Cl)(Cl)Cl)N1)C(C)C.CC(C)[C@H](NC(=O)OC(C)(C)C)C(=O)N[C@@H](Cc1cccc(O[Si](C)(C)C(C)(C)C)c1)C(=O)N1CCC[C@@H](C(=O)OCC(Cl)(Cl)Cl)N1. The quantitative estimate of drug-likeness (QED) is 0.0152. The molecular formula is C68H108Cl6N8O14Si2. The van der Waals surface area contributed by atoms with Gasteiger partial charge in [-0.1, -0.05) is 176 Å². The van der Waals surface area contributed by atoms with Crippen LogP contribution in [-0.4, -0.2) is 163 Å². The Morgan fingerprint density at radius 1 is 0.602 bits per heavy atom. The minimum Gasteiger partial charge on any atom is -0.543 e. The summed E-state index contributed by atoms with van der Waals surface area (Å²) >= 11 is 34.5. The van der Waals surface area contributed by atoms with Gasteiger partial charge in [0.15, 0.2) is 0 Å². The second-order valence-corrected chi connectivity index (χ2v) is 44.1. The Bertz CT molecular complexity index is 3010. The molecule has 4 rings (SSSR count). The fraction of sp³-hybridized carbons (Fsp3) is 0.676. The minimum absolute atomic E-state index is 0.0289. The highest BCUT2D eigenvalue weighted by Gasteiger charge is 2.43. The lowest BCUT2D eigenvalue weighted by Gasteiger charge is -2.37. The second-order valence-electron chi connectivity index (χ2n) is 29.7. The average Bonchev–Trinajstić information content (AvgIpc) is 0.829. The van der Waals surface area contributed by atoms with E-state index >= 15 is 0 Å². The van der Waals surface area contributed by atoms with Gasteiger partial charge in [-0.2, -0.15) is 0 Å². The number of carbonyl (C=O) groups excluding carboxylic acids is 8. The highest BCUT2D eigenvalue weighted by Crippen LogP contribution is 2.39. The summed E-state index contributed by atoms with van der Waals surface area (Å²) in [6.45, 7) is 39.0. The van der Waals surface area contributed by atoms with E-state index in [0.717, 1.165) is 11.1 Å². The number of hydrogen-bond acceptors (Lipinski definition) is 16. The van der Waals surface area contributed by atoms with Gasteiger partial charge in [-0.15, -0.1) is 6.58 Å². The lowest BCUT2D eigenvalue weighted by atomic mass is 9.96. The molecule has 554 valence electrons. The van der Waals surface area contributed by atoms with Crippen molar-refractivity contribution in [3.63, 3.8) is 0 Å². The number of carbonyl (C=O) groups is 8. The predicted molar refractivity (Wildman–Crippen MR) is 392 cm³/mol. The highest BCUT2D eigenvalue weighted by atomic mass is 35.6. The zero-order chi connectivity index (χ0) is 74.7. The van der Waals surface area contributed by atoms with Crippen LogP contribution in [-0.2, 0) is 65.4 Å². The molecule has 2 aliphatic heterocycles. The first kappa shape index (κ1) is 87.6. The smallest absolute Gasteiger partial charge is 0.408 e. The van der Waals surface area contributed by atoms with E-state index in [1.165, 1.54) is 10.0 Å². The number of esters is 2. The number of halogens is 6. The second kappa shape index (κ2) is 38.1. The Kier molecular flexibility index (Phi) is 34.0. The standard InChI is InChI=1S/C36H57Cl3N4O7Si.C32H51Cl3N4O7Si/c1-11-12-18-29(48-8)24(4)31(44)41-30(23(2)3)32(45)40-28(21-25-15-13-16-26(20-25)50-51(9,10)35(5,6)7)33(46)43-19-14-17-27(42-43)34(47)49-22-36(37,38)39;1-20(2)25(37-29(43)45-30(3,4)5)26(40)36-24(18-21-13-11-14-22(17-21)46-47(9,10)31(6,7)8)27(41)39-16-12-15-23(38-39)28(42)44-19-32(33,34)35/h11,13,15-16,20,23-24,27-30,42H,1,12,14,17-19,21-22H2,2-10H3,(H,40,45)(H,41,44);11,13-14,17,20,23-25,38H,12,15-16,18-19H2,1-10H3,(H,36,40)(H,37,43)/t24-,27+,28+,29-,30+;23-,24-,25-/m10/s1. The largest absolute Gasteiger partial charge is 0.543 e. The molecule has 8 atom stereocenters. The number of hydrogen-bond donors (Lipinski definition) is 6. The molecule has 22 nitrogen and oxygen atoms in total. The molecule has 98 heavy (non-hydrogen) atoms. The molecule has 0 aromatic heterocycles. The van der Waals surface area contributed by atoms with E-state index in [1.54, 1.807) is 54.7 Å². The van der Waals surface area contributed by atoms with Gasteiger partial charge in [0.1, 0.15) is 66.6 Å². The van der Waals surface area contributed by atoms with Crippen LogP contribution in [0.5, 0.6) is 11.5 Å². The van der Waals surface area contributed by atoms with Gasteiger partial charge < -0.3 is 49.1 Å². The van der Waals surface area contributed by atoms with Crippen LogP contribution in [0.15, 0.2) is 61.2 Å². The summed E-state index contributed by atoms with van der Waals surface area (Å²) < 4.78 is 30.7. The molecule has 0 unspecified atom stereocenters. The van der Waals surface area contributed by atoms with Gasteiger partial charge in [0, 0.05) is 33.0 Å². The first-order valence-electron chi connectivity index (χ1n) is 33.2. The maximum Gasteiger partial charge on any atom is 0.408 e. The number of benzene rings is 2. The number of nitrogens with one attached hydrogen (secondary N) is 6. The molecule has 2 saturated heterocycles. The van der Waals surface area contributed by atoms with Crippen LogP contribution in [0.25, 0.3) is 0 Å². The molecule has 30 heteroatoms. The zero-order valence-electron chi connectivity index (χ0n) is 60.5. The summed E-state index contributed by atoms with van der Waals surface area (Å²) in [5.41, 5.74) is 6.59. The molecular weight excluding hydrogens is 1420 g/mol. The van der Waals surface area contributed by atoms with Gasteiger partial charge in [-0.05, 0) is 143 Å². The van der Waals surface area contributed by atoms with Gasteiger partial charge in [0.2, 0.25) is 41.9 Å². The lowest BCUT2D eigenvalue weighted by molar-refractivity contribution is -0.154. The van der Waals surface area contributed by atoms with Crippen molar-refractivity contribution in [2.45, 2.75) is 240 Å². The van der Waals surface area contributed by atoms with E-state index in [2.05, 4.69) is 106 Å². The van der Waals surface area contributed by atoms with Crippen molar-refractivity contribution in [3.8, 4) is 11.5 Å². The molecule has 0 spiro atoms. The molecule has 2 fully saturated rings. The Balaban J connectivity index is 0.000000512. The van der Waals surface area contributed by atoms with Crippen molar-refractivity contribution in [3.05, 3.63) is 72.3 Å². The minimum atomic E-state index is -2.17. The van der Waals surface area contributed by atoms with Gasteiger partial charge in [0.05, 0.1) is 12.0 Å². The van der Waals surface area contributed by atoms with Crippen LogP contribution in [0.2, 0.25) is 36.3 Å². The molecule has 0 bridgehead atoms. The number of nitrogens with zero attached hydrogens (tertiary/aromatic N) is 2. The highest BCUT2D eigenvalue weighted by molar-refractivity contribution is 6.75. The monoisotopic (exact) mass is 1530 g/mol. The lowest BCUT2D eigenvalue weighted by Crippen LogP contribution is -2.62. The van der Waals surface area contributed by atoms with Gasteiger partial charge in [-0.25, -0.2) is 15.6 Å². The molecule has 2 aliphatic rings. The molecule has 0 saturated carbocycles. The maximum atomic E-state index is 14.2. The summed E-state index contributed by atoms with van der Waals surface area (Å²) in [6, 6.07) is 9.10. The van der Waals surface area contributed by atoms with Crippen molar-refractivity contribution in [2.75, 3.05) is 33.4 Å². The van der Waals surface area contributed by atoms with Gasteiger partial charge in [0.25, 0.3) is 11.8 Å². The Morgan fingerprint density at radius 3 is 1.33 bits per heavy atom. The first-order valence-corrected chi connectivity index (χ1v) is 41.3. The van der Waals surface area contributed by atoms with Gasteiger partial charge in [-0.3, -0.25) is 43.6 Å². The number of ether oxygens (including phenoxy) is 4. The van der Waals surface area contributed by atoms with Crippen molar-refractivity contribution >= 4 is 134 Å². The molecule has 2 heterocycles. The summed E-state index contributed by atoms with van der Waals surface area (Å²) in [7, 11) is -2.78. The summed E-state index contributed by atoms with van der Waals surface area (Å²) in [6.07, 6.45) is 3.89. The van der Waals surface area contributed by atoms with E-state index < -0.39 is 127 Å². The van der Waals surface area contributed by atoms with E-state index in [1.807, 2.05) is 62.4 Å². The first-order chi connectivity index (χ1) is 45.0. The van der Waals surface area contributed by atoms with Crippen molar-refractivity contribution in [1.82, 2.24) is 42.1 Å². The average molecular weight is 1530 g/mol. The number of allylic oxidation sites excluding steroid dienone is 1. The van der Waals surface area contributed by atoms with Crippen molar-refractivity contribution in [2.24, 2.45) is 17.8 Å². The molecule has 6 N–H and O–H groups in total. The summed E-state index contributed by atoms with van der Waals surface area (Å²) in [4.78, 5) is 107. The third kappa shape index (κ3) is 29.8. The van der Waals surface area contributed by atoms with Gasteiger partial charge >= 0.3 is 18.0 Å². The predicted octanol–water partition coefficient (Wildman–Crippen LogP) is 12.3.